The van der Waals surface area contributed by atoms with Crippen LogP contribution in [0.15, 0.2) is 53.7 Å². The summed E-state index contributed by atoms with van der Waals surface area (Å²) in [6, 6.07) is 11.5. The van der Waals surface area contributed by atoms with Crippen molar-refractivity contribution < 1.29 is 17.9 Å². The fourth-order valence-corrected chi connectivity index (χ4v) is 5.63. The van der Waals surface area contributed by atoms with Gasteiger partial charge in [-0.3, -0.25) is 14.7 Å². The topological polar surface area (TPSA) is 91.8 Å². The van der Waals surface area contributed by atoms with E-state index < -0.39 is 10.0 Å². The van der Waals surface area contributed by atoms with Gasteiger partial charge in [-0.15, -0.1) is 0 Å². The number of sulfonamides is 1. The Morgan fingerprint density at radius 1 is 1.06 bits per heavy atom. The van der Waals surface area contributed by atoms with Crippen molar-refractivity contribution in [3.63, 3.8) is 0 Å². The molecule has 2 aromatic rings. The Morgan fingerprint density at radius 2 is 1.81 bits per heavy atom. The van der Waals surface area contributed by atoms with Crippen molar-refractivity contribution >= 4 is 15.9 Å². The van der Waals surface area contributed by atoms with Crippen molar-refractivity contribution in [2.45, 2.75) is 30.8 Å². The first kappa shape index (κ1) is 22.8. The van der Waals surface area contributed by atoms with Gasteiger partial charge in [0, 0.05) is 57.6 Å². The number of morpholine rings is 1. The van der Waals surface area contributed by atoms with Crippen molar-refractivity contribution in [2.24, 2.45) is 5.92 Å². The number of ether oxygens (including phenoxy) is 1. The zero-order valence-corrected chi connectivity index (χ0v) is 19.0. The highest BCUT2D eigenvalue weighted by atomic mass is 32.2. The highest BCUT2D eigenvalue weighted by Gasteiger charge is 2.32. The first-order valence-corrected chi connectivity index (χ1v) is 12.5. The first-order chi connectivity index (χ1) is 15.5. The lowest BCUT2D eigenvalue weighted by molar-refractivity contribution is -0.126. The highest BCUT2D eigenvalue weighted by molar-refractivity contribution is 7.89. The molecule has 2 fully saturated rings. The predicted molar refractivity (Wildman–Crippen MR) is 120 cm³/mol. The minimum absolute atomic E-state index is 0.0120. The summed E-state index contributed by atoms with van der Waals surface area (Å²) in [6.07, 6.45) is 3.94. The van der Waals surface area contributed by atoms with Crippen LogP contribution in [0.25, 0.3) is 0 Å². The van der Waals surface area contributed by atoms with E-state index in [-0.39, 0.29) is 16.7 Å². The summed E-state index contributed by atoms with van der Waals surface area (Å²) < 4.78 is 32.3. The number of piperidine rings is 1. The van der Waals surface area contributed by atoms with E-state index in [1.807, 2.05) is 12.1 Å². The highest BCUT2D eigenvalue weighted by Crippen LogP contribution is 2.23. The van der Waals surface area contributed by atoms with Gasteiger partial charge in [0.2, 0.25) is 15.9 Å². The first-order valence-electron chi connectivity index (χ1n) is 11.1. The SMILES string of the molecule is O=C(NCc1cccc(CN2CCOCC2)c1)C1CCN(S(=O)(=O)c2cccnc2)CC1. The number of aromatic nitrogens is 1. The van der Waals surface area contributed by atoms with Crippen molar-refractivity contribution in [1.29, 1.82) is 0 Å². The maximum atomic E-state index is 12.7. The van der Waals surface area contributed by atoms with Gasteiger partial charge in [-0.1, -0.05) is 24.3 Å². The zero-order valence-electron chi connectivity index (χ0n) is 18.2. The van der Waals surface area contributed by atoms with Gasteiger partial charge in [0.15, 0.2) is 0 Å². The number of carbonyl (C=O) groups is 1. The molecule has 0 atom stereocenters. The lowest BCUT2D eigenvalue weighted by atomic mass is 9.97. The average molecular weight is 459 g/mol. The summed E-state index contributed by atoms with van der Waals surface area (Å²) in [7, 11) is -3.56. The van der Waals surface area contributed by atoms with Crippen molar-refractivity contribution in [3.05, 3.63) is 59.9 Å². The molecule has 0 radical (unpaired) electrons. The van der Waals surface area contributed by atoms with Crippen LogP contribution in [0.3, 0.4) is 0 Å². The minimum atomic E-state index is -3.56. The van der Waals surface area contributed by atoms with Gasteiger partial charge in [-0.25, -0.2) is 8.42 Å². The van der Waals surface area contributed by atoms with Crippen LogP contribution >= 0.6 is 0 Å². The van der Waals surface area contributed by atoms with Crippen molar-refractivity contribution in [3.8, 4) is 0 Å². The lowest BCUT2D eigenvalue weighted by Crippen LogP contribution is -2.42. The fourth-order valence-electron chi connectivity index (χ4n) is 4.20. The van der Waals surface area contributed by atoms with Gasteiger partial charge >= 0.3 is 0 Å². The quantitative estimate of drug-likeness (QED) is 0.678. The number of hydrogen-bond donors (Lipinski definition) is 1. The summed E-state index contributed by atoms with van der Waals surface area (Å²) in [6.45, 7) is 5.47. The van der Waals surface area contributed by atoms with Crippen LogP contribution in [0.4, 0.5) is 0 Å². The predicted octanol–water partition coefficient (Wildman–Crippen LogP) is 1.63. The number of amides is 1. The Morgan fingerprint density at radius 3 is 2.53 bits per heavy atom. The third kappa shape index (κ3) is 5.72. The third-order valence-electron chi connectivity index (χ3n) is 6.06. The van der Waals surface area contributed by atoms with E-state index in [4.69, 9.17) is 4.74 Å². The van der Waals surface area contributed by atoms with Crippen molar-refractivity contribution in [2.75, 3.05) is 39.4 Å². The van der Waals surface area contributed by atoms with Crippen LogP contribution in [0.5, 0.6) is 0 Å². The zero-order chi connectivity index (χ0) is 22.4. The Hall–Kier alpha value is -2.33. The van der Waals surface area contributed by atoms with E-state index in [1.54, 1.807) is 18.3 Å². The van der Waals surface area contributed by atoms with Gasteiger partial charge in [0.25, 0.3) is 0 Å². The number of rotatable bonds is 7. The van der Waals surface area contributed by atoms with Gasteiger partial charge < -0.3 is 10.1 Å². The largest absolute Gasteiger partial charge is 0.379 e. The summed E-state index contributed by atoms with van der Waals surface area (Å²) in [4.78, 5) is 19.2. The van der Waals surface area contributed by atoms with Crippen LogP contribution in [0, 0.1) is 5.92 Å². The molecule has 4 rings (SSSR count). The summed E-state index contributed by atoms with van der Waals surface area (Å²) in [5.41, 5.74) is 2.30. The monoisotopic (exact) mass is 458 g/mol. The molecule has 8 nitrogen and oxygen atoms in total. The molecule has 0 aliphatic carbocycles. The van der Waals surface area contributed by atoms with Crippen LogP contribution < -0.4 is 5.32 Å². The molecule has 3 heterocycles. The molecule has 2 aliphatic heterocycles. The molecule has 0 unspecified atom stereocenters. The molecule has 2 aliphatic rings. The molecule has 1 aromatic carbocycles. The number of hydrogen-bond acceptors (Lipinski definition) is 6. The summed E-state index contributed by atoms with van der Waals surface area (Å²) in [5, 5.41) is 3.03. The molecular formula is C23H30N4O4S. The Labute approximate surface area is 189 Å². The number of nitrogens with one attached hydrogen (secondary N) is 1. The molecule has 9 heteroatoms. The average Bonchev–Trinajstić information content (AvgIpc) is 2.84. The molecule has 172 valence electrons. The normalized spacial score (nSPS) is 19.0. The standard InChI is InChI=1S/C23H30N4O4S/c28-23(21-6-9-27(10-7-21)32(29,30)22-5-2-8-24-17-22)25-16-19-3-1-4-20(15-19)18-26-11-13-31-14-12-26/h1-5,8,15,17,21H,6-7,9-14,16,18H2,(H,25,28). The van der Waals surface area contributed by atoms with E-state index >= 15 is 0 Å². The molecule has 0 bridgehead atoms. The van der Waals surface area contributed by atoms with E-state index in [0.717, 1.165) is 38.4 Å². The van der Waals surface area contributed by atoms with Crippen molar-refractivity contribution in [1.82, 2.24) is 19.5 Å². The summed E-state index contributed by atoms with van der Waals surface area (Å²) >= 11 is 0. The molecule has 32 heavy (non-hydrogen) atoms. The molecule has 0 spiro atoms. The molecule has 2 saturated heterocycles. The Bertz CT molecular complexity index is 1000. The minimum Gasteiger partial charge on any atom is -0.379 e. The smallest absolute Gasteiger partial charge is 0.244 e. The third-order valence-corrected chi connectivity index (χ3v) is 7.95. The number of carbonyl (C=O) groups excluding carboxylic acids is 1. The second kappa shape index (κ2) is 10.5. The van der Waals surface area contributed by atoms with Crippen LogP contribution in [-0.4, -0.2) is 67.9 Å². The second-order valence-corrected chi connectivity index (χ2v) is 10.2. The Kier molecular flexibility index (Phi) is 7.51. The van der Waals surface area contributed by atoms with Gasteiger partial charge in [-0.05, 0) is 36.1 Å². The Balaban J connectivity index is 1.26. The van der Waals surface area contributed by atoms with Crippen LogP contribution in [0.1, 0.15) is 24.0 Å². The lowest BCUT2D eigenvalue weighted by Gasteiger charge is -2.30. The molecule has 1 N–H and O–H groups in total. The fraction of sp³-hybridized carbons (Fsp3) is 0.478. The van der Waals surface area contributed by atoms with Gasteiger partial charge in [0.05, 0.1) is 13.2 Å². The van der Waals surface area contributed by atoms with Gasteiger partial charge in [-0.2, -0.15) is 4.31 Å². The number of nitrogens with zero attached hydrogens (tertiary/aromatic N) is 3. The molecular weight excluding hydrogens is 428 g/mol. The van der Waals surface area contributed by atoms with Gasteiger partial charge in [0.1, 0.15) is 4.90 Å². The number of benzene rings is 1. The number of pyridine rings is 1. The maximum Gasteiger partial charge on any atom is 0.244 e. The van der Waals surface area contributed by atoms with Crippen LogP contribution in [0.2, 0.25) is 0 Å². The summed E-state index contributed by atoms with van der Waals surface area (Å²) in [5.74, 6) is -0.186. The van der Waals surface area contributed by atoms with E-state index in [1.165, 1.54) is 16.1 Å². The molecule has 1 aromatic heterocycles. The second-order valence-electron chi connectivity index (χ2n) is 8.29. The van der Waals surface area contributed by atoms with E-state index in [9.17, 15) is 13.2 Å². The molecule has 1 amide bonds. The molecule has 0 saturated carbocycles. The van der Waals surface area contributed by atoms with Crippen LogP contribution in [-0.2, 0) is 32.6 Å². The van der Waals surface area contributed by atoms with E-state index in [2.05, 4.69) is 27.3 Å². The van der Waals surface area contributed by atoms with E-state index in [0.29, 0.717) is 32.5 Å². The maximum absolute atomic E-state index is 12.7.